The average Bonchev–Trinajstić information content (AvgIpc) is 2.24. The Kier molecular flexibility index (Phi) is 4.56. The van der Waals surface area contributed by atoms with Gasteiger partial charge in [-0.2, -0.15) is 0 Å². The van der Waals surface area contributed by atoms with Crippen LogP contribution >= 0.6 is 0 Å². The van der Waals surface area contributed by atoms with Gasteiger partial charge in [0, 0.05) is 13.1 Å². The molecule has 0 bridgehead atoms. The highest BCUT2D eigenvalue weighted by Crippen LogP contribution is 2.20. The summed E-state index contributed by atoms with van der Waals surface area (Å²) in [4.78, 5) is 24.7. The zero-order valence-electron chi connectivity index (χ0n) is 11.3. The molecule has 6 nitrogen and oxygen atoms in total. The van der Waals surface area contributed by atoms with Gasteiger partial charge in [-0.15, -0.1) is 0 Å². The van der Waals surface area contributed by atoms with Crippen molar-refractivity contribution in [1.29, 1.82) is 0 Å². The predicted molar refractivity (Wildman–Crippen MR) is 63.9 cm³/mol. The minimum absolute atomic E-state index is 0.183. The fourth-order valence-corrected chi connectivity index (χ4v) is 1.89. The topological polar surface area (TPSA) is 76.1 Å². The Hall–Kier alpha value is -1.30. The normalized spacial score (nSPS) is 24.6. The number of aliphatic hydroxyl groups is 1. The van der Waals surface area contributed by atoms with E-state index in [1.807, 2.05) is 0 Å². The van der Waals surface area contributed by atoms with Crippen LogP contribution in [0.5, 0.6) is 0 Å². The molecule has 0 saturated carbocycles. The number of ether oxygens (including phenoxy) is 2. The fraction of sp³-hybridized carbons (Fsp3) is 0.833. The van der Waals surface area contributed by atoms with Crippen molar-refractivity contribution < 1.29 is 24.2 Å². The maximum absolute atomic E-state index is 11.9. The number of rotatable bonds is 1. The van der Waals surface area contributed by atoms with E-state index in [1.54, 1.807) is 20.8 Å². The summed E-state index contributed by atoms with van der Waals surface area (Å²) < 4.78 is 9.85. The Morgan fingerprint density at radius 1 is 1.28 bits per heavy atom. The fourth-order valence-electron chi connectivity index (χ4n) is 1.89. The third kappa shape index (κ3) is 4.18. The molecule has 1 saturated heterocycles. The minimum atomic E-state index is -0.727. The Morgan fingerprint density at radius 3 is 2.39 bits per heavy atom. The van der Waals surface area contributed by atoms with Crippen molar-refractivity contribution in [3.05, 3.63) is 0 Å². The molecule has 0 aromatic heterocycles. The number of nitrogens with zero attached hydrogens (tertiary/aromatic N) is 1. The quantitative estimate of drug-likeness (QED) is 0.704. The summed E-state index contributed by atoms with van der Waals surface area (Å²) in [7, 11) is 1.29. The summed E-state index contributed by atoms with van der Waals surface area (Å²) in [5.41, 5.74) is -0.597. The van der Waals surface area contributed by atoms with E-state index in [1.165, 1.54) is 12.0 Å². The second kappa shape index (κ2) is 5.56. The molecule has 0 spiro atoms. The molecule has 0 aromatic rings. The first-order chi connectivity index (χ1) is 8.23. The molecule has 18 heavy (non-hydrogen) atoms. The molecule has 1 heterocycles. The number of likely N-dealkylation sites (tertiary alicyclic amines) is 1. The lowest BCUT2D eigenvalue weighted by Crippen LogP contribution is -2.49. The van der Waals surface area contributed by atoms with Crippen molar-refractivity contribution in [1.82, 2.24) is 4.90 Å². The van der Waals surface area contributed by atoms with Crippen LogP contribution < -0.4 is 0 Å². The predicted octanol–water partition coefficient (Wildman–Crippen LogP) is 0.777. The van der Waals surface area contributed by atoms with Crippen molar-refractivity contribution in [2.75, 3.05) is 20.2 Å². The average molecular weight is 259 g/mol. The van der Waals surface area contributed by atoms with Gasteiger partial charge in [-0.05, 0) is 27.2 Å². The van der Waals surface area contributed by atoms with Gasteiger partial charge >= 0.3 is 12.1 Å². The lowest BCUT2D eigenvalue weighted by molar-refractivity contribution is -0.149. The van der Waals surface area contributed by atoms with Gasteiger partial charge in [0.2, 0.25) is 0 Å². The number of hydrogen-bond donors (Lipinski definition) is 1. The van der Waals surface area contributed by atoms with Crippen LogP contribution in [-0.2, 0) is 14.3 Å². The van der Waals surface area contributed by atoms with E-state index < -0.39 is 29.7 Å². The number of aliphatic hydroxyl groups excluding tert-OH is 1. The number of methoxy groups -OCH3 is 1. The molecular formula is C12H21NO5. The van der Waals surface area contributed by atoms with E-state index in [-0.39, 0.29) is 13.1 Å². The SMILES string of the molecule is COC(=O)C1C[C@H](O)CN(C(=O)OC(C)(C)C)C1. The summed E-state index contributed by atoms with van der Waals surface area (Å²) in [6.45, 7) is 5.70. The van der Waals surface area contributed by atoms with Crippen molar-refractivity contribution >= 4 is 12.1 Å². The third-order valence-electron chi connectivity index (χ3n) is 2.61. The first kappa shape index (κ1) is 14.8. The van der Waals surface area contributed by atoms with Crippen LogP contribution in [0.1, 0.15) is 27.2 Å². The Bertz CT molecular complexity index is 323. The van der Waals surface area contributed by atoms with Crippen LogP contribution in [0.3, 0.4) is 0 Å². The molecule has 1 fully saturated rings. The van der Waals surface area contributed by atoms with E-state index in [0.717, 1.165) is 0 Å². The number of esters is 1. The minimum Gasteiger partial charge on any atom is -0.469 e. The second-order valence-electron chi connectivity index (χ2n) is 5.49. The summed E-state index contributed by atoms with van der Waals surface area (Å²) in [5.74, 6) is -0.909. The van der Waals surface area contributed by atoms with Gasteiger partial charge in [-0.3, -0.25) is 4.79 Å². The van der Waals surface area contributed by atoms with E-state index >= 15 is 0 Å². The molecule has 104 valence electrons. The Labute approximate surface area is 107 Å². The third-order valence-corrected chi connectivity index (χ3v) is 2.61. The van der Waals surface area contributed by atoms with E-state index in [4.69, 9.17) is 4.74 Å². The van der Waals surface area contributed by atoms with Crippen LogP contribution in [0.2, 0.25) is 0 Å². The van der Waals surface area contributed by atoms with Crippen LogP contribution in [-0.4, -0.2) is 54.0 Å². The molecule has 1 aliphatic rings. The number of piperidine rings is 1. The molecule has 6 heteroatoms. The van der Waals surface area contributed by atoms with Crippen molar-refractivity contribution in [3.8, 4) is 0 Å². The zero-order chi connectivity index (χ0) is 13.9. The van der Waals surface area contributed by atoms with Gasteiger partial charge < -0.3 is 19.5 Å². The number of carbonyl (C=O) groups is 2. The number of β-amino-alcohol motifs (C(OH)–C–C–N with tert-alkyl or cyclic N) is 1. The molecular weight excluding hydrogens is 238 g/mol. The Balaban J connectivity index is 2.66. The van der Waals surface area contributed by atoms with E-state index in [0.29, 0.717) is 6.42 Å². The molecule has 1 unspecified atom stereocenters. The highest BCUT2D eigenvalue weighted by atomic mass is 16.6. The largest absolute Gasteiger partial charge is 0.469 e. The van der Waals surface area contributed by atoms with E-state index in [2.05, 4.69) is 4.74 Å². The van der Waals surface area contributed by atoms with Crippen LogP contribution in [0.4, 0.5) is 4.79 Å². The monoisotopic (exact) mass is 259 g/mol. The molecule has 0 radical (unpaired) electrons. The lowest BCUT2D eigenvalue weighted by atomic mass is 9.96. The van der Waals surface area contributed by atoms with Crippen LogP contribution in [0, 0.1) is 5.92 Å². The number of carbonyl (C=O) groups excluding carboxylic acids is 2. The summed E-state index contributed by atoms with van der Waals surface area (Å²) in [6, 6.07) is 0. The van der Waals surface area contributed by atoms with Gasteiger partial charge in [0.25, 0.3) is 0 Å². The highest BCUT2D eigenvalue weighted by Gasteiger charge is 2.35. The second-order valence-corrected chi connectivity index (χ2v) is 5.49. The van der Waals surface area contributed by atoms with Crippen LogP contribution in [0.15, 0.2) is 0 Å². The molecule has 0 aromatic carbocycles. The Morgan fingerprint density at radius 2 is 1.89 bits per heavy atom. The molecule has 0 aliphatic carbocycles. The first-order valence-corrected chi connectivity index (χ1v) is 5.96. The molecule has 1 N–H and O–H groups in total. The van der Waals surface area contributed by atoms with Gasteiger partial charge in [0.05, 0.1) is 19.1 Å². The van der Waals surface area contributed by atoms with Crippen LogP contribution in [0.25, 0.3) is 0 Å². The maximum atomic E-state index is 11.9. The summed E-state index contributed by atoms with van der Waals surface area (Å²) in [5, 5.41) is 9.68. The molecule has 1 amide bonds. The standard InChI is InChI=1S/C12H21NO5/c1-12(2,3)18-11(16)13-6-8(10(15)17-4)5-9(14)7-13/h8-9,14H,5-7H2,1-4H3/t8?,9-/m0/s1. The summed E-state index contributed by atoms with van der Waals surface area (Å²) >= 11 is 0. The lowest BCUT2D eigenvalue weighted by Gasteiger charge is -2.35. The molecule has 2 atom stereocenters. The maximum Gasteiger partial charge on any atom is 0.410 e. The first-order valence-electron chi connectivity index (χ1n) is 5.96. The van der Waals surface area contributed by atoms with Crippen molar-refractivity contribution in [2.24, 2.45) is 5.92 Å². The number of amides is 1. The number of hydrogen-bond acceptors (Lipinski definition) is 5. The smallest absolute Gasteiger partial charge is 0.410 e. The van der Waals surface area contributed by atoms with Crippen molar-refractivity contribution in [3.63, 3.8) is 0 Å². The zero-order valence-corrected chi connectivity index (χ0v) is 11.3. The van der Waals surface area contributed by atoms with Gasteiger partial charge in [-0.25, -0.2) is 4.79 Å². The van der Waals surface area contributed by atoms with Gasteiger partial charge in [-0.1, -0.05) is 0 Å². The van der Waals surface area contributed by atoms with E-state index in [9.17, 15) is 14.7 Å². The van der Waals surface area contributed by atoms with Crippen molar-refractivity contribution in [2.45, 2.75) is 38.9 Å². The highest BCUT2D eigenvalue weighted by molar-refractivity contribution is 5.75. The van der Waals surface area contributed by atoms with Gasteiger partial charge in [0.15, 0.2) is 0 Å². The molecule has 1 aliphatic heterocycles. The van der Waals surface area contributed by atoms with Gasteiger partial charge in [0.1, 0.15) is 5.60 Å². The summed E-state index contributed by atoms with van der Waals surface area (Å²) in [6.07, 6.45) is -0.933. The molecule has 1 rings (SSSR count).